The van der Waals surface area contributed by atoms with Crippen molar-refractivity contribution in [3.05, 3.63) is 131 Å². The van der Waals surface area contributed by atoms with Crippen LogP contribution in [0, 0.1) is 20.8 Å². The molecule has 0 unspecified atom stereocenters. The molecule has 0 bridgehead atoms. The second-order valence-electron chi connectivity index (χ2n) is 13.7. The highest BCUT2D eigenvalue weighted by Crippen LogP contribution is 2.66. The average molecular weight is 608 g/mol. The van der Waals surface area contributed by atoms with Gasteiger partial charge in [-0.15, -0.1) is 0 Å². The highest BCUT2D eigenvalue weighted by Gasteiger charge is 2.65. The lowest BCUT2D eigenvalue weighted by Crippen LogP contribution is -2.47. The van der Waals surface area contributed by atoms with E-state index in [1.807, 2.05) is 24.0 Å². The summed E-state index contributed by atoms with van der Waals surface area (Å²) in [6.45, 7) is 15.8. The summed E-state index contributed by atoms with van der Waals surface area (Å²) in [4.78, 5) is 10.3. The van der Waals surface area contributed by atoms with Crippen LogP contribution in [0.2, 0.25) is 0 Å². The van der Waals surface area contributed by atoms with Crippen LogP contribution in [0.5, 0.6) is 11.5 Å². The van der Waals surface area contributed by atoms with E-state index >= 15 is 0 Å². The maximum absolute atomic E-state index is 6.67. The first-order valence-corrected chi connectivity index (χ1v) is 16.5. The number of nitrogens with zero attached hydrogens (tertiary/aromatic N) is 3. The van der Waals surface area contributed by atoms with Crippen molar-refractivity contribution in [2.24, 2.45) is 4.99 Å². The molecule has 0 saturated carbocycles. The predicted octanol–water partition coefficient (Wildman–Crippen LogP) is 10.4. The lowest BCUT2D eigenvalue weighted by Gasteiger charge is -2.40. The normalized spacial score (nSPS) is 21.6. The fourth-order valence-corrected chi connectivity index (χ4v) is 9.35. The Morgan fingerprint density at radius 3 is 2.22 bits per heavy atom. The molecule has 45 heavy (non-hydrogen) atoms. The number of aryl methyl sites for hydroxylation is 3. The number of rotatable bonds is 4. The third-order valence-corrected chi connectivity index (χ3v) is 11.9. The van der Waals surface area contributed by atoms with Gasteiger partial charge in [-0.1, -0.05) is 61.5 Å². The Morgan fingerprint density at radius 1 is 0.689 bits per heavy atom. The molecule has 5 heteroatoms. The molecule has 4 nitrogen and oxygen atoms in total. The lowest BCUT2D eigenvalue weighted by atomic mass is 9.71. The van der Waals surface area contributed by atoms with Crippen molar-refractivity contribution in [2.45, 2.75) is 64.2 Å². The molecule has 6 aromatic rings. The quantitative estimate of drug-likeness (QED) is 0.200. The number of pyridine rings is 1. The Hall–Kier alpha value is -4.35. The molecule has 1 aliphatic carbocycles. The Bertz CT molecular complexity index is 2230. The molecule has 0 fully saturated rings. The first kappa shape index (κ1) is 28.1. The van der Waals surface area contributed by atoms with Crippen molar-refractivity contribution in [1.82, 2.24) is 9.55 Å². The van der Waals surface area contributed by atoms with E-state index in [1.54, 1.807) is 0 Å². The minimum Gasteiger partial charge on any atom is -0.457 e. The first-order valence-electron chi connectivity index (χ1n) is 15.7. The Balaban J connectivity index is 1.18. The number of hydrogen-bond acceptors (Lipinski definition) is 4. The molecule has 2 aliphatic rings. The Morgan fingerprint density at radius 2 is 1.42 bits per heavy atom. The highest BCUT2D eigenvalue weighted by atomic mass is 32.2. The van der Waals surface area contributed by atoms with Crippen LogP contribution in [0.15, 0.2) is 102 Å². The molecule has 3 heterocycles. The van der Waals surface area contributed by atoms with Gasteiger partial charge in [0.15, 0.2) is 0 Å². The summed E-state index contributed by atoms with van der Waals surface area (Å²) < 4.78 is 8.77. The molecular formula is C40H37N3OS. The largest absolute Gasteiger partial charge is 0.457 e. The summed E-state index contributed by atoms with van der Waals surface area (Å²) in [6.07, 6.45) is 1.87. The summed E-state index contributed by atoms with van der Waals surface area (Å²) in [5.41, 5.74) is 10.2. The summed E-state index contributed by atoms with van der Waals surface area (Å²) in [7, 11) is 0. The van der Waals surface area contributed by atoms with Crippen molar-refractivity contribution < 1.29 is 4.74 Å². The molecular weight excluding hydrogens is 571 g/mol. The SMILES string of the molecule is Cc1cc(Oc2cc(C)cc(-n3c4ccc(C)cc4c4cccnc43)c2)cc(C2=N[C@]3(C)C(C)(C)c4ccccc4[C@]3(C)S2)c1. The van der Waals surface area contributed by atoms with E-state index in [2.05, 4.69) is 138 Å². The first-order chi connectivity index (χ1) is 21.5. The van der Waals surface area contributed by atoms with Crippen LogP contribution in [-0.4, -0.2) is 20.1 Å². The topological polar surface area (TPSA) is 39.4 Å². The molecule has 2 aromatic heterocycles. The van der Waals surface area contributed by atoms with Gasteiger partial charge in [0.2, 0.25) is 0 Å². The molecule has 0 radical (unpaired) electrons. The van der Waals surface area contributed by atoms with Gasteiger partial charge in [0.25, 0.3) is 0 Å². The van der Waals surface area contributed by atoms with Crippen LogP contribution in [-0.2, 0) is 10.2 Å². The van der Waals surface area contributed by atoms with E-state index < -0.39 is 0 Å². The third-order valence-electron chi connectivity index (χ3n) is 10.4. The van der Waals surface area contributed by atoms with Gasteiger partial charge in [-0.25, -0.2) is 4.98 Å². The fourth-order valence-electron chi connectivity index (χ4n) is 7.71. The molecule has 4 aromatic carbocycles. The molecule has 2 atom stereocenters. The van der Waals surface area contributed by atoms with Crippen LogP contribution in [0.25, 0.3) is 27.6 Å². The van der Waals surface area contributed by atoms with Crippen molar-refractivity contribution in [3.63, 3.8) is 0 Å². The van der Waals surface area contributed by atoms with Gasteiger partial charge in [0.05, 0.1) is 26.5 Å². The summed E-state index contributed by atoms with van der Waals surface area (Å²) in [5.74, 6) is 1.61. The molecule has 0 saturated heterocycles. The van der Waals surface area contributed by atoms with E-state index in [-0.39, 0.29) is 15.7 Å². The number of aromatic nitrogens is 2. The second kappa shape index (κ2) is 9.58. The minimum atomic E-state index is -0.269. The summed E-state index contributed by atoms with van der Waals surface area (Å²) >= 11 is 1.89. The van der Waals surface area contributed by atoms with E-state index in [9.17, 15) is 0 Å². The molecule has 1 aliphatic heterocycles. The molecule has 0 amide bonds. The number of aliphatic imine (C=N–C) groups is 1. The van der Waals surface area contributed by atoms with E-state index in [1.165, 1.54) is 22.1 Å². The van der Waals surface area contributed by atoms with Crippen molar-refractivity contribution in [2.75, 3.05) is 0 Å². The molecule has 8 rings (SSSR count). The Kier molecular flexibility index (Phi) is 5.99. The van der Waals surface area contributed by atoms with Gasteiger partial charge >= 0.3 is 0 Å². The maximum atomic E-state index is 6.67. The van der Waals surface area contributed by atoms with E-state index in [0.717, 1.165) is 55.5 Å². The van der Waals surface area contributed by atoms with E-state index in [0.29, 0.717) is 0 Å². The van der Waals surface area contributed by atoms with Gasteiger partial charge in [-0.3, -0.25) is 9.56 Å². The van der Waals surface area contributed by atoms with E-state index in [4.69, 9.17) is 14.7 Å². The van der Waals surface area contributed by atoms with Crippen molar-refractivity contribution >= 4 is 38.7 Å². The molecule has 0 spiro atoms. The zero-order valence-corrected chi connectivity index (χ0v) is 27.7. The zero-order chi connectivity index (χ0) is 31.3. The maximum Gasteiger partial charge on any atom is 0.145 e. The fraction of sp³-hybridized carbons (Fsp3) is 0.250. The predicted molar refractivity (Wildman–Crippen MR) is 189 cm³/mol. The monoisotopic (exact) mass is 607 g/mol. The third kappa shape index (κ3) is 3.99. The second-order valence-corrected chi connectivity index (χ2v) is 15.1. The number of hydrogen-bond donors (Lipinski definition) is 0. The number of benzene rings is 4. The van der Waals surface area contributed by atoms with Crippen LogP contribution < -0.4 is 4.74 Å². The van der Waals surface area contributed by atoms with Crippen molar-refractivity contribution in [1.29, 1.82) is 0 Å². The smallest absolute Gasteiger partial charge is 0.145 e. The number of thioether (sulfide) groups is 1. The zero-order valence-electron chi connectivity index (χ0n) is 26.9. The number of ether oxygens (including phenoxy) is 1. The van der Waals surface area contributed by atoms with Crippen molar-refractivity contribution in [3.8, 4) is 17.2 Å². The minimum absolute atomic E-state index is 0.0887. The van der Waals surface area contributed by atoms with Gasteiger partial charge in [0.1, 0.15) is 17.1 Å². The van der Waals surface area contributed by atoms with Gasteiger partial charge in [0, 0.05) is 34.0 Å². The lowest BCUT2D eigenvalue weighted by molar-refractivity contribution is 0.264. The molecule has 0 N–H and O–H groups in total. The summed E-state index contributed by atoms with van der Waals surface area (Å²) in [6, 6.07) is 32.6. The van der Waals surface area contributed by atoms with Gasteiger partial charge < -0.3 is 4.74 Å². The summed E-state index contributed by atoms with van der Waals surface area (Å²) in [5, 5.41) is 3.43. The van der Waals surface area contributed by atoms with Gasteiger partial charge in [-0.05, 0) is 111 Å². The van der Waals surface area contributed by atoms with Gasteiger partial charge in [-0.2, -0.15) is 0 Å². The highest BCUT2D eigenvalue weighted by molar-refractivity contribution is 8.15. The number of fused-ring (bicyclic) bond motifs is 6. The van der Waals surface area contributed by atoms with Crippen LogP contribution in [0.1, 0.15) is 61.1 Å². The van der Waals surface area contributed by atoms with Crippen LogP contribution in [0.3, 0.4) is 0 Å². The standard InChI is InChI=1S/C40H37N3OS/c1-24-14-15-35-32(21-24)31-11-10-16-41-36(31)43(35)28-18-26(3)20-30(23-28)44-29-19-25(2)17-27(22-29)37-42-40(7)38(4,5)33-12-8-9-13-34(33)39(40,6)45-37/h8-23H,1-7H3/t39-,40+/m0/s1. The Labute approximate surface area is 269 Å². The van der Waals surface area contributed by atoms with Crippen LogP contribution >= 0.6 is 11.8 Å². The molecule has 224 valence electrons. The van der Waals surface area contributed by atoms with Crippen LogP contribution in [0.4, 0.5) is 0 Å². The average Bonchev–Trinajstić information content (AvgIpc) is 3.52.